The maximum absolute atomic E-state index is 2.72. The summed E-state index contributed by atoms with van der Waals surface area (Å²) in [7, 11) is 0. The zero-order valence-electron chi connectivity index (χ0n) is 42.3. The third-order valence-corrected chi connectivity index (χ3v) is 17.4. The van der Waals surface area contributed by atoms with Gasteiger partial charge in [-0.25, -0.2) is 0 Å². The van der Waals surface area contributed by atoms with E-state index in [0.717, 1.165) is 12.8 Å². The van der Waals surface area contributed by atoms with Crippen LogP contribution in [0, 0.1) is 26.7 Å². The first-order valence-corrected chi connectivity index (χ1v) is 26.4. The molecule has 6 aliphatic rings. The van der Waals surface area contributed by atoms with Gasteiger partial charge in [0.2, 0.25) is 0 Å². The summed E-state index contributed by atoms with van der Waals surface area (Å²) in [4.78, 5) is 5.33. The van der Waals surface area contributed by atoms with Gasteiger partial charge in [-0.2, -0.15) is 0 Å². The highest BCUT2D eigenvalue weighted by atomic mass is 15.2. The van der Waals surface area contributed by atoms with Gasteiger partial charge >= 0.3 is 0 Å². The van der Waals surface area contributed by atoms with Gasteiger partial charge in [0.05, 0.1) is 29.2 Å². The van der Waals surface area contributed by atoms with Gasteiger partial charge in [-0.05, 0) is 158 Å². The second-order valence-corrected chi connectivity index (χ2v) is 21.9. The maximum atomic E-state index is 2.72. The fourth-order valence-electron chi connectivity index (χ4n) is 14.6. The molecule has 4 aliphatic carbocycles. The Morgan fingerprint density at radius 2 is 1.28 bits per heavy atom. The molecule has 72 heavy (non-hydrogen) atoms. The minimum absolute atomic E-state index is 0.277. The van der Waals surface area contributed by atoms with Crippen LogP contribution in [0.15, 0.2) is 211 Å². The van der Waals surface area contributed by atoms with E-state index in [9.17, 15) is 0 Å². The lowest BCUT2D eigenvalue weighted by atomic mass is 9.84. The van der Waals surface area contributed by atoms with Gasteiger partial charge in [-0.15, -0.1) is 0 Å². The summed E-state index contributed by atoms with van der Waals surface area (Å²) in [6.07, 6.45) is 23.8. The predicted octanol–water partition coefficient (Wildman–Crippen LogP) is 17.4. The molecule has 0 saturated carbocycles. The quantitative estimate of drug-likeness (QED) is 0.158. The molecule has 14 rings (SSSR count). The largest absolute Gasteiger partial charge is 0.357 e. The van der Waals surface area contributed by atoms with Gasteiger partial charge in [-0.1, -0.05) is 175 Å². The molecular formula is C69H61N3. The van der Waals surface area contributed by atoms with Crippen LogP contribution < -0.4 is 9.80 Å². The molecule has 0 N–H and O–H groups in total. The monoisotopic (exact) mass is 931 g/mol. The van der Waals surface area contributed by atoms with Crippen molar-refractivity contribution in [2.24, 2.45) is 5.92 Å². The summed E-state index contributed by atoms with van der Waals surface area (Å²) in [5.41, 5.74) is 27.1. The Balaban J connectivity index is 0.776. The van der Waals surface area contributed by atoms with E-state index in [4.69, 9.17) is 0 Å². The number of allylic oxidation sites excluding steroid dienone is 6. The van der Waals surface area contributed by atoms with Crippen molar-refractivity contribution in [1.29, 1.82) is 0 Å². The van der Waals surface area contributed by atoms with Gasteiger partial charge in [0.15, 0.2) is 0 Å². The number of fused-ring (bicyclic) bond motifs is 12. The third kappa shape index (κ3) is 6.55. The molecule has 0 saturated heterocycles. The molecule has 7 unspecified atom stereocenters. The summed E-state index contributed by atoms with van der Waals surface area (Å²) >= 11 is 0. The molecular weight excluding hydrogens is 871 g/mol. The molecule has 7 aromatic carbocycles. The number of hydrogen-bond donors (Lipinski definition) is 0. The van der Waals surface area contributed by atoms with Gasteiger partial charge in [0, 0.05) is 51.3 Å². The first-order chi connectivity index (χ1) is 35.2. The van der Waals surface area contributed by atoms with E-state index in [1.807, 2.05) is 0 Å². The molecule has 3 nitrogen and oxygen atoms in total. The lowest BCUT2D eigenvalue weighted by Gasteiger charge is -2.41. The second kappa shape index (κ2) is 16.5. The topological polar surface area (TPSA) is 11.4 Å². The van der Waals surface area contributed by atoms with Gasteiger partial charge in [0.25, 0.3) is 0 Å². The highest BCUT2D eigenvalue weighted by molar-refractivity contribution is 6.10. The van der Waals surface area contributed by atoms with Crippen LogP contribution in [0.25, 0.3) is 49.7 Å². The van der Waals surface area contributed by atoms with Crippen molar-refractivity contribution in [3.05, 3.63) is 250 Å². The number of nitrogens with zero attached hydrogens (tertiary/aromatic N) is 3. The molecule has 0 bridgehead atoms. The summed E-state index contributed by atoms with van der Waals surface area (Å²) < 4.78 is 2.50. The van der Waals surface area contributed by atoms with Crippen molar-refractivity contribution in [2.45, 2.75) is 90.3 Å². The molecule has 8 aromatic rings. The second-order valence-electron chi connectivity index (χ2n) is 21.9. The van der Waals surface area contributed by atoms with Crippen molar-refractivity contribution in [1.82, 2.24) is 4.57 Å². The molecule has 3 heterocycles. The zero-order chi connectivity index (χ0) is 48.5. The van der Waals surface area contributed by atoms with Crippen molar-refractivity contribution in [2.75, 3.05) is 9.80 Å². The van der Waals surface area contributed by atoms with Crippen molar-refractivity contribution >= 4 is 38.9 Å². The first kappa shape index (κ1) is 43.2. The molecule has 2 aliphatic heterocycles. The summed E-state index contributed by atoms with van der Waals surface area (Å²) in [5.74, 6) is 1.43. The van der Waals surface area contributed by atoms with E-state index >= 15 is 0 Å². The van der Waals surface area contributed by atoms with E-state index < -0.39 is 0 Å². The number of para-hydroxylation sites is 2. The Bertz CT molecular complexity index is 3760. The van der Waals surface area contributed by atoms with Gasteiger partial charge in [-0.3, -0.25) is 0 Å². The van der Waals surface area contributed by atoms with E-state index in [-0.39, 0.29) is 6.04 Å². The molecule has 352 valence electrons. The fourth-order valence-corrected chi connectivity index (χ4v) is 14.6. The van der Waals surface area contributed by atoms with Crippen molar-refractivity contribution in [3.8, 4) is 27.9 Å². The van der Waals surface area contributed by atoms with Crippen molar-refractivity contribution < 1.29 is 0 Å². The van der Waals surface area contributed by atoms with Gasteiger partial charge in [0.1, 0.15) is 0 Å². The maximum Gasteiger partial charge on any atom is 0.0629 e. The molecule has 1 aromatic heterocycles. The van der Waals surface area contributed by atoms with E-state index in [1.165, 1.54) is 122 Å². The molecule has 0 fully saturated rings. The average molecular weight is 932 g/mol. The Kier molecular flexibility index (Phi) is 9.88. The summed E-state index contributed by atoms with van der Waals surface area (Å²) in [5, 5.41) is 2.57. The standard InChI is InChI=1S/C69H61N3/c1-41-33-43(3)68(44(4)34-41)71-63-21-13-10-17-55(63)59-37-47(24-30-66(59)71)23-28-53-51-15-7-8-16-52(51)58-38-48(25-29-54(53)58)49-26-31-65-60(39-49)56-18-9-12-20-62(56)70(65)50-27-32-67-61(40-50)57-19-11-14-22-64(57)72(67)69-45(5)35-42(2)36-46(69)6/h7-22,24-27,29-40,45,53,57,59,64,66,69H,23,28H2,1-6H3. The van der Waals surface area contributed by atoms with Crippen LogP contribution in [0.1, 0.15) is 90.3 Å². The number of hydrogen-bond acceptors (Lipinski definition) is 2. The minimum atomic E-state index is 0.277. The molecule has 0 amide bonds. The smallest absolute Gasteiger partial charge is 0.0629 e. The number of anilines is 3. The summed E-state index contributed by atoms with van der Waals surface area (Å²) in [6.45, 7) is 13.7. The lowest BCUT2D eigenvalue weighted by Crippen LogP contribution is -2.46. The highest BCUT2D eigenvalue weighted by Gasteiger charge is 2.43. The Morgan fingerprint density at radius 1 is 0.542 bits per heavy atom. The van der Waals surface area contributed by atoms with Crippen LogP contribution in [0.4, 0.5) is 17.1 Å². The molecule has 7 atom stereocenters. The molecule has 0 radical (unpaired) electrons. The first-order valence-electron chi connectivity index (χ1n) is 26.4. The van der Waals surface area contributed by atoms with Crippen molar-refractivity contribution in [3.63, 3.8) is 0 Å². The zero-order valence-corrected chi connectivity index (χ0v) is 42.3. The van der Waals surface area contributed by atoms with Crippen LogP contribution >= 0.6 is 0 Å². The SMILES string of the molecule is CC1=CC(C)C(N2c3ccc(-n4c5ccccc5c5cc(-c6ccc7c(c6)-c6ccccc6C7CCC6=CC7c8ccccc8N(c8c(C)cc(C)cc8C)C7C=C6)ccc54)cc3C3C=CC=CC32)C(C)=C1. The van der Waals surface area contributed by atoms with Crippen LogP contribution in [0.5, 0.6) is 0 Å². The fraction of sp³-hybridized carbons (Fsp3) is 0.217. The summed E-state index contributed by atoms with van der Waals surface area (Å²) in [6, 6.07) is 54.6. The predicted molar refractivity (Wildman–Crippen MR) is 303 cm³/mol. The van der Waals surface area contributed by atoms with E-state index in [0.29, 0.717) is 35.8 Å². The molecule has 0 spiro atoms. The van der Waals surface area contributed by atoms with Crippen LogP contribution in [-0.4, -0.2) is 22.7 Å². The van der Waals surface area contributed by atoms with E-state index in [1.54, 1.807) is 0 Å². The number of aromatic nitrogens is 1. The lowest BCUT2D eigenvalue weighted by molar-refractivity contribution is 0.508. The number of rotatable bonds is 7. The Morgan fingerprint density at radius 3 is 2.14 bits per heavy atom. The molecule has 3 heteroatoms. The Labute approximate surface area is 425 Å². The van der Waals surface area contributed by atoms with Gasteiger partial charge < -0.3 is 14.4 Å². The number of benzene rings is 7. The normalized spacial score (nSPS) is 23.1. The van der Waals surface area contributed by atoms with E-state index in [2.05, 4.69) is 250 Å². The minimum Gasteiger partial charge on any atom is -0.357 e. The Hall–Kier alpha value is -7.62. The van der Waals surface area contributed by atoms with Crippen LogP contribution in [0.3, 0.4) is 0 Å². The third-order valence-electron chi connectivity index (χ3n) is 17.4. The highest BCUT2D eigenvalue weighted by Crippen LogP contribution is 2.53. The number of aryl methyl sites for hydroxylation is 3. The van der Waals surface area contributed by atoms with Crippen LogP contribution in [0.2, 0.25) is 0 Å². The van der Waals surface area contributed by atoms with Crippen LogP contribution in [-0.2, 0) is 0 Å². The average Bonchev–Trinajstić information content (AvgIpc) is 4.10.